The quantitative estimate of drug-likeness (QED) is 0.333. The smallest absolute Gasteiger partial charge is 0.106 e. The summed E-state index contributed by atoms with van der Waals surface area (Å²) in [6.07, 6.45) is 6.30. The van der Waals surface area contributed by atoms with Gasteiger partial charge in [-0.05, 0) is 19.3 Å². The fraction of sp³-hybridized carbons (Fsp3) is 0.714. The zero-order valence-corrected chi connectivity index (χ0v) is 6.99. The Morgan fingerprint density at radius 3 is 1.82 bits per heavy atom. The van der Waals surface area contributed by atoms with Gasteiger partial charge in [0.05, 0.1) is 0 Å². The molecule has 0 atom stereocenters. The standard InChI is InChI=1S/C7H14N2O2/c1-10-8-6-4-3-5-7-9-11-2/h6-7H,3-5H2,1-2H3/b8-6+,9-7+. The Labute approximate surface area is 66.9 Å². The highest BCUT2D eigenvalue weighted by Crippen LogP contribution is 1.89. The lowest BCUT2D eigenvalue weighted by Gasteiger charge is -1.88. The third-order valence-electron chi connectivity index (χ3n) is 1.03. The number of hydrogen-bond acceptors (Lipinski definition) is 4. The van der Waals surface area contributed by atoms with Crippen molar-refractivity contribution in [2.75, 3.05) is 14.2 Å². The molecule has 0 unspecified atom stereocenters. The molecule has 0 heterocycles. The Balaban J connectivity index is 3.02. The predicted octanol–water partition coefficient (Wildman–Crippen LogP) is 1.42. The minimum absolute atomic E-state index is 0.906. The van der Waals surface area contributed by atoms with Gasteiger partial charge in [0.1, 0.15) is 14.2 Å². The van der Waals surface area contributed by atoms with Crippen molar-refractivity contribution >= 4 is 12.4 Å². The van der Waals surface area contributed by atoms with E-state index in [-0.39, 0.29) is 0 Å². The van der Waals surface area contributed by atoms with Crippen LogP contribution in [0.5, 0.6) is 0 Å². The molecule has 0 aliphatic carbocycles. The molecule has 0 saturated carbocycles. The summed E-state index contributed by atoms with van der Waals surface area (Å²) in [5, 5.41) is 7.18. The maximum Gasteiger partial charge on any atom is 0.106 e. The molecule has 0 aromatic rings. The average Bonchev–Trinajstić information content (AvgIpc) is 2.03. The van der Waals surface area contributed by atoms with E-state index in [1.54, 1.807) is 12.4 Å². The molecule has 4 nitrogen and oxygen atoms in total. The summed E-state index contributed by atoms with van der Waals surface area (Å²) in [5.41, 5.74) is 0. The first-order chi connectivity index (χ1) is 5.41. The Morgan fingerprint density at radius 2 is 1.45 bits per heavy atom. The highest BCUT2D eigenvalue weighted by molar-refractivity contribution is 5.59. The predicted molar refractivity (Wildman–Crippen MR) is 44.9 cm³/mol. The third-order valence-corrected chi connectivity index (χ3v) is 1.03. The summed E-state index contributed by atoms with van der Waals surface area (Å²) in [6.45, 7) is 0. The van der Waals surface area contributed by atoms with Crippen LogP contribution in [0.2, 0.25) is 0 Å². The van der Waals surface area contributed by atoms with Gasteiger partial charge < -0.3 is 9.68 Å². The van der Waals surface area contributed by atoms with Gasteiger partial charge in [-0.3, -0.25) is 0 Å². The van der Waals surface area contributed by atoms with Gasteiger partial charge in [0, 0.05) is 12.4 Å². The molecule has 0 aromatic carbocycles. The molecule has 0 aliphatic heterocycles. The number of unbranched alkanes of at least 4 members (excludes halogenated alkanes) is 2. The van der Waals surface area contributed by atoms with Gasteiger partial charge in [0.25, 0.3) is 0 Å². The molecule has 11 heavy (non-hydrogen) atoms. The van der Waals surface area contributed by atoms with E-state index in [2.05, 4.69) is 20.0 Å². The van der Waals surface area contributed by atoms with Crippen molar-refractivity contribution in [1.82, 2.24) is 0 Å². The van der Waals surface area contributed by atoms with Crippen molar-refractivity contribution in [3.8, 4) is 0 Å². The van der Waals surface area contributed by atoms with Crippen LogP contribution in [-0.4, -0.2) is 26.6 Å². The normalized spacial score (nSPS) is 11.1. The van der Waals surface area contributed by atoms with E-state index < -0.39 is 0 Å². The van der Waals surface area contributed by atoms with E-state index in [9.17, 15) is 0 Å². The van der Waals surface area contributed by atoms with E-state index >= 15 is 0 Å². The van der Waals surface area contributed by atoms with Crippen LogP contribution in [0.25, 0.3) is 0 Å². The van der Waals surface area contributed by atoms with Crippen LogP contribution in [0.15, 0.2) is 10.3 Å². The summed E-state index contributed by atoms with van der Waals surface area (Å²) >= 11 is 0. The van der Waals surface area contributed by atoms with Crippen LogP contribution in [0.3, 0.4) is 0 Å². The second kappa shape index (κ2) is 8.94. The molecule has 0 aromatic heterocycles. The lowest BCUT2D eigenvalue weighted by Crippen LogP contribution is -1.81. The number of rotatable bonds is 6. The van der Waals surface area contributed by atoms with Crippen LogP contribution < -0.4 is 0 Å². The van der Waals surface area contributed by atoms with Crippen LogP contribution in [0, 0.1) is 0 Å². The molecule has 0 spiro atoms. The van der Waals surface area contributed by atoms with Crippen molar-refractivity contribution in [3.63, 3.8) is 0 Å². The molecule has 4 heteroatoms. The number of hydrogen-bond donors (Lipinski definition) is 0. The van der Waals surface area contributed by atoms with Gasteiger partial charge in [-0.15, -0.1) is 0 Å². The second-order valence-electron chi connectivity index (χ2n) is 1.87. The molecular weight excluding hydrogens is 144 g/mol. The van der Waals surface area contributed by atoms with E-state index in [1.807, 2.05) is 0 Å². The van der Waals surface area contributed by atoms with Crippen LogP contribution >= 0.6 is 0 Å². The van der Waals surface area contributed by atoms with Crippen molar-refractivity contribution in [2.24, 2.45) is 10.3 Å². The Hall–Kier alpha value is -1.06. The average molecular weight is 158 g/mol. The van der Waals surface area contributed by atoms with Gasteiger partial charge in [-0.25, -0.2) is 0 Å². The first-order valence-corrected chi connectivity index (χ1v) is 3.51. The summed E-state index contributed by atoms with van der Waals surface area (Å²) < 4.78 is 0. The van der Waals surface area contributed by atoms with Crippen molar-refractivity contribution in [1.29, 1.82) is 0 Å². The van der Waals surface area contributed by atoms with E-state index in [4.69, 9.17) is 0 Å². The van der Waals surface area contributed by atoms with Crippen LogP contribution in [0.1, 0.15) is 19.3 Å². The van der Waals surface area contributed by atoms with Gasteiger partial charge in [-0.2, -0.15) is 0 Å². The van der Waals surface area contributed by atoms with Crippen molar-refractivity contribution < 1.29 is 9.68 Å². The van der Waals surface area contributed by atoms with Gasteiger partial charge >= 0.3 is 0 Å². The second-order valence-corrected chi connectivity index (χ2v) is 1.87. The maximum absolute atomic E-state index is 4.48. The fourth-order valence-electron chi connectivity index (χ4n) is 0.555. The Bertz CT molecular complexity index is 110. The van der Waals surface area contributed by atoms with E-state index in [0.717, 1.165) is 19.3 Å². The number of oxime groups is 2. The molecule has 0 bridgehead atoms. The molecule has 0 rings (SSSR count). The highest BCUT2D eigenvalue weighted by atomic mass is 16.6. The third kappa shape index (κ3) is 8.94. The summed E-state index contributed by atoms with van der Waals surface area (Å²) in [5.74, 6) is 0. The topological polar surface area (TPSA) is 43.2 Å². The van der Waals surface area contributed by atoms with Crippen LogP contribution in [-0.2, 0) is 9.68 Å². The molecule has 0 saturated heterocycles. The molecule has 0 N–H and O–H groups in total. The fourth-order valence-corrected chi connectivity index (χ4v) is 0.555. The number of nitrogens with zero attached hydrogens (tertiary/aromatic N) is 2. The minimum Gasteiger partial charge on any atom is -0.399 e. The molecule has 64 valence electrons. The first-order valence-electron chi connectivity index (χ1n) is 3.51. The van der Waals surface area contributed by atoms with Gasteiger partial charge in [0.2, 0.25) is 0 Å². The highest BCUT2D eigenvalue weighted by Gasteiger charge is 1.81. The molecular formula is C7H14N2O2. The Kier molecular flexibility index (Phi) is 8.08. The minimum atomic E-state index is 0.906. The lowest BCUT2D eigenvalue weighted by atomic mass is 10.3. The monoisotopic (exact) mass is 158 g/mol. The summed E-state index contributed by atoms with van der Waals surface area (Å²) in [6, 6.07) is 0. The zero-order valence-electron chi connectivity index (χ0n) is 6.99. The van der Waals surface area contributed by atoms with Crippen LogP contribution in [0.4, 0.5) is 0 Å². The van der Waals surface area contributed by atoms with Gasteiger partial charge in [0.15, 0.2) is 0 Å². The summed E-state index contributed by atoms with van der Waals surface area (Å²) in [4.78, 5) is 8.96. The largest absolute Gasteiger partial charge is 0.399 e. The van der Waals surface area contributed by atoms with Crippen molar-refractivity contribution in [2.45, 2.75) is 19.3 Å². The van der Waals surface area contributed by atoms with Crippen molar-refractivity contribution in [3.05, 3.63) is 0 Å². The first kappa shape index (κ1) is 9.94. The molecule has 0 fully saturated rings. The summed E-state index contributed by atoms with van der Waals surface area (Å²) in [7, 11) is 3.06. The maximum atomic E-state index is 4.48. The molecule has 0 aliphatic rings. The Morgan fingerprint density at radius 1 is 1.00 bits per heavy atom. The van der Waals surface area contributed by atoms with Gasteiger partial charge in [-0.1, -0.05) is 10.3 Å². The van der Waals surface area contributed by atoms with E-state index in [1.165, 1.54) is 14.2 Å². The zero-order chi connectivity index (χ0) is 8.36. The SMILES string of the molecule is CO/N=C/CCC/C=N/OC. The molecule has 0 radical (unpaired) electrons. The molecule has 0 amide bonds. The lowest BCUT2D eigenvalue weighted by molar-refractivity contribution is 0.214. The van der Waals surface area contributed by atoms with E-state index in [0.29, 0.717) is 0 Å².